The van der Waals surface area contributed by atoms with Crippen LogP contribution in [0.15, 0.2) is 18.2 Å². The van der Waals surface area contributed by atoms with E-state index in [1.54, 1.807) is 19.0 Å². The largest absolute Gasteiger partial charge is 0.387 e. The van der Waals surface area contributed by atoms with Gasteiger partial charge < -0.3 is 10.0 Å². The van der Waals surface area contributed by atoms with Crippen molar-refractivity contribution in [3.05, 3.63) is 35.4 Å². The van der Waals surface area contributed by atoms with Crippen LogP contribution in [0.2, 0.25) is 0 Å². The van der Waals surface area contributed by atoms with E-state index in [1.807, 2.05) is 4.90 Å². The summed E-state index contributed by atoms with van der Waals surface area (Å²) in [6.07, 6.45) is 0.560. The third-order valence-electron chi connectivity index (χ3n) is 4.04. The number of amides is 1. The normalized spacial score (nSPS) is 20.7. The summed E-state index contributed by atoms with van der Waals surface area (Å²) >= 11 is 0. The van der Waals surface area contributed by atoms with Gasteiger partial charge in [-0.05, 0) is 37.6 Å². The minimum atomic E-state index is -1.11. The van der Waals surface area contributed by atoms with Gasteiger partial charge in [-0.3, -0.25) is 9.69 Å². The van der Waals surface area contributed by atoms with Crippen LogP contribution in [-0.4, -0.2) is 54.5 Å². The van der Waals surface area contributed by atoms with Gasteiger partial charge in [0, 0.05) is 32.7 Å². The lowest BCUT2D eigenvalue weighted by Gasteiger charge is -2.34. The number of carbonyl (C=O) groups is 1. The second kappa shape index (κ2) is 7.15. The maximum Gasteiger partial charge on any atom is 0.226 e. The van der Waals surface area contributed by atoms with Crippen LogP contribution < -0.4 is 0 Å². The quantitative estimate of drug-likeness (QED) is 0.922. The predicted octanol–water partition coefficient (Wildman–Crippen LogP) is 1.80. The molecule has 1 heterocycles. The third-order valence-corrected chi connectivity index (χ3v) is 4.04. The Bertz CT molecular complexity index is 537. The van der Waals surface area contributed by atoms with Gasteiger partial charge in [-0.1, -0.05) is 0 Å². The highest BCUT2D eigenvalue weighted by molar-refractivity contribution is 5.78. The summed E-state index contributed by atoms with van der Waals surface area (Å²) in [6, 6.07) is 3.06. The maximum atomic E-state index is 13.7. The summed E-state index contributed by atoms with van der Waals surface area (Å²) in [4.78, 5) is 15.5. The van der Waals surface area contributed by atoms with Crippen molar-refractivity contribution in [2.24, 2.45) is 5.92 Å². The van der Waals surface area contributed by atoms with Crippen LogP contribution in [0.5, 0.6) is 0 Å². The smallest absolute Gasteiger partial charge is 0.226 e. The van der Waals surface area contributed by atoms with E-state index in [0.717, 1.165) is 37.6 Å². The average molecular weight is 312 g/mol. The van der Waals surface area contributed by atoms with Crippen LogP contribution in [0.1, 0.15) is 24.5 Å². The number of hydrogen-bond acceptors (Lipinski definition) is 3. The topological polar surface area (TPSA) is 43.8 Å². The molecular weight excluding hydrogens is 290 g/mol. The fraction of sp³-hybridized carbons (Fsp3) is 0.562. The van der Waals surface area contributed by atoms with Crippen LogP contribution in [0.4, 0.5) is 8.78 Å². The van der Waals surface area contributed by atoms with Crippen molar-refractivity contribution in [3.63, 3.8) is 0 Å². The van der Waals surface area contributed by atoms with E-state index in [1.165, 1.54) is 0 Å². The van der Waals surface area contributed by atoms with Crippen molar-refractivity contribution in [1.29, 1.82) is 0 Å². The molecule has 2 rings (SSSR count). The summed E-state index contributed by atoms with van der Waals surface area (Å²) < 4.78 is 26.9. The van der Waals surface area contributed by atoms with Gasteiger partial charge >= 0.3 is 0 Å². The maximum absolute atomic E-state index is 13.7. The summed E-state index contributed by atoms with van der Waals surface area (Å²) in [7, 11) is 3.44. The van der Waals surface area contributed by atoms with Crippen LogP contribution >= 0.6 is 0 Å². The Balaban J connectivity index is 2.00. The molecule has 1 aromatic carbocycles. The summed E-state index contributed by atoms with van der Waals surface area (Å²) in [5.74, 6) is -1.23. The molecular formula is C16H22F2N2O2. The van der Waals surface area contributed by atoms with Gasteiger partial charge in [-0.2, -0.15) is 0 Å². The number of piperidine rings is 1. The Hall–Kier alpha value is -1.53. The number of nitrogens with zero attached hydrogens (tertiary/aromatic N) is 2. The Morgan fingerprint density at radius 2 is 2.18 bits per heavy atom. The summed E-state index contributed by atoms with van der Waals surface area (Å²) in [6.45, 7) is 1.47. The highest BCUT2D eigenvalue weighted by atomic mass is 19.1. The van der Waals surface area contributed by atoms with Gasteiger partial charge in [0.05, 0.1) is 12.0 Å². The third kappa shape index (κ3) is 4.01. The minimum absolute atomic E-state index is 0.0407. The lowest BCUT2D eigenvalue weighted by molar-refractivity contribution is -0.134. The molecule has 0 aromatic heterocycles. The van der Waals surface area contributed by atoms with E-state index in [4.69, 9.17) is 0 Å². The van der Waals surface area contributed by atoms with E-state index in [2.05, 4.69) is 0 Å². The van der Waals surface area contributed by atoms with Crippen molar-refractivity contribution in [2.75, 3.05) is 33.7 Å². The lowest BCUT2D eigenvalue weighted by atomic mass is 9.96. The molecule has 1 aliphatic heterocycles. The molecule has 1 saturated heterocycles. The second-order valence-corrected chi connectivity index (χ2v) is 6.01. The van der Waals surface area contributed by atoms with Crippen molar-refractivity contribution in [2.45, 2.75) is 18.9 Å². The van der Waals surface area contributed by atoms with Gasteiger partial charge in [0.2, 0.25) is 5.91 Å². The first-order valence-electron chi connectivity index (χ1n) is 7.45. The number of benzene rings is 1. The summed E-state index contributed by atoms with van der Waals surface area (Å²) in [5.41, 5.74) is -0.0407. The van der Waals surface area contributed by atoms with Gasteiger partial charge in [-0.25, -0.2) is 8.78 Å². The Kier molecular flexibility index (Phi) is 5.47. The van der Waals surface area contributed by atoms with Gasteiger partial charge in [-0.15, -0.1) is 0 Å². The van der Waals surface area contributed by atoms with Crippen LogP contribution in [0, 0.1) is 17.6 Å². The molecule has 0 spiro atoms. The van der Waals surface area contributed by atoms with Gasteiger partial charge in [0.25, 0.3) is 0 Å². The Morgan fingerprint density at radius 1 is 1.45 bits per heavy atom. The van der Waals surface area contributed by atoms with E-state index in [0.29, 0.717) is 6.54 Å². The molecule has 0 radical (unpaired) electrons. The molecule has 1 amide bonds. The molecule has 122 valence electrons. The Morgan fingerprint density at radius 3 is 2.86 bits per heavy atom. The number of aliphatic hydroxyl groups excluding tert-OH is 1. The molecule has 2 unspecified atom stereocenters. The van der Waals surface area contributed by atoms with Crippen LogP contribution in [-0.2, 0) is 4.79 Å². The molecule has 2 atom stereocenters. The first-order chi connectivity index (χ1) is 10.4. The average Bonchev–Trinajstić information content (AvgIpc) is 2.49. The molecule has 1 N–H and O–H groups in total. The SMILES string of the molecule is CN(C)C(=O)C1CCCN(CC(O)c2cc(F)ccc2F)C1. The number of likely N-dealkylation sites (tertiary alicyclic amines) is 1. The zero-order valence-electron chi connectivity index (χ0n) is 12.9. The van der Waals surface area contributed by atoms with E-state index < -0.39 is 17.7 Å². The van der Waals surface area contributed by atoms with Crippen molar-refractivity contribution in [3.8, 4) is 0 Å². The highest BCUT2D eigenvalue weighted by Crippen LogP contribution is 2.23. The summed E-state index contributed by atoms with van der Waals surface area (Å²) in [5, 5.41) is 10.2. The molecule has 1 aromatic rings. The van der Waals surface area contributed by atoms with Crippen molar-refractivity contribution >= 4 is 5.91 Å². The van der Waals surface area contributed by atoms with Crippen LogP contribution in [0.3, 0.4) is 0 Å². The van der Waals surface area contributed by atoms with E-state index >= 15 is 0 Å². The molecule has 0 aliphatic carbocycles. The second-order valence-electron chi connectivity index (χ2n) is 6.01. The molecule has 0 saturated carbocycles. The minimum Gasteiger partial charge on any atom is -0.387 e. The van der Waals surface area contributed by atoms with Crippen molar-refractivity contribution < 1.29 is 18.7 Å². The molecule has 4 nitrogen and oxygen atoms in total. The standard InChI is InChI=1S/C16H22F2N2O2/c1-19(2)16(22)11-4-3-7-20(9-11)10-15(21)13-8-12(17)5-6-14(13)18/h5-6,8,11,15,21H,3-4,7,9-10H2,1-2H3. The van der Waals surface area contributed by atoms with E-state index in [9.17, 15) is 18.7 Å². The zero-order chi connectivity index (χ0) is 16.3. The predicted molar refractivity (Wildman–Crippen MR) is 79.2 cm³/mol. The first-order valence-corrected chi connectivity index (χ1v) is 7.45. The fourth-order valence-corrected chi connectivity index (χ4v) is 2.90. The van der Waals surface area contributed by atoms with Crippen LogP contribution in [0.25, 0.3) is 0 Å². The lowest BCUT2D eigenvalue weighted by Crippen LogP contribution is -2.44. The number of β-amino-alcohol motifs (C(OH)–C–C–N with tert-alkyl or cyclic N) is 1. The Labute approximate surface area is 129 Å². The number of halogens is 2. The van der Waals surface area contributed by atoms with E-state index in [-0.39, 0.29) is 23.9 Å². The van der Waals surface area contributed by atoms with Crippen molar-refractivity contribution in [1.82, 2.24) is 9.80 Å². The first kappa shape index (κ1) is 16.8. The molecule has 1 aliphatic rings. The number of hydrogen-bond donors (Lipinski definition) is 1. The molecule has 6 heteroatoms. The molecule has 22 heavy (non-hydrogen) atoms. The van der Waals surface area contributed by atoms with Gasteiger partial charge in [0.15, 0.2) is 0 Å². The fourth-order valence-electron chi connectivity index (χ4n) is 2.90. The highest BCUT2D eigenvalue weighted by Gasteiger charge is 2.28. The number of aliphatic hydroxyl groups is 1. The monoisotopic (exact) mass is 312 g/mol. The number of carbonyl (C=O) groups excluding carboxylic acids is 1. The zero-order valence-corrected chi connectivity index (χ0v) is 12.9. The molecule has 1 fully saturated rings. The molecule has 0 bridgehead atoms. The number of rotatable bonds is 4. The van der Waals surface area contributed by atoms with Gasteiger partial charge in [0.1, 0.15) is 11.6 Å².